The lowest BCUT2D eigenvalue weighted by molar-refractivity contribution is -0.167. The highest BCUT2D eigenvalue weighted by molar-refractivity contribution is 5.71. The number of carbonyl (C=O) groups is 3. The zero-order valence-electron chi connectivity index (χ0n) is 37.3. The van der Waals surface area contributed by atoms with E-state index in [1.54, 1.807) is 0 Å². The largest absolute Gasteiger partial charge is 0.462 e. The lowest BCUT2D eigenvalue weighted by atomic mass is 10.0. The third-order valence-corrected chi connectivity index (χ3v) is 10.0. The van der Waals surface area contributed by atoms with Crippen LogP contribution in [0.2, 0.25) is 0 Å². The van der Waals surface area contributed by atoms with Gasteiger partial charge in [0.05, 0.1) is 0 Å². The van der Waals surface area contributed by atoms with Gasteiger partial charge in [-0.25, -0.2) is 0 Å². The molecule has 0 saturated heterocycles. The number of ether oxygens (including phenoxy) is 3. The van der Waals surface area contributed by atoms with Crippen LogP contribution in [0, 0.1) is 0 Å². The first-order valence-electron chi connectivity index (χ1n) is 23.8. The van der Waals surface area contributed by atoms with Crippen molar-refractivity contribution in [3.05, 3.63) is 60.8 Å². The highest BCUT2D eigenvalue weighted by Crippen LogP contribution is 2.14. The molecule has 0 aliphatic rings. The molecule has 6 heteroatoms. The Labute approximate surface area is 351 Å². The van der Waals surface area contributed by atoms with Crippen LogP contribution in [0.3, 0.4) is 0 Å². The fourth-order valence-corrected chi connectivity index (χ4v) is 6.46. The molecule has 328 valence electrons. The summed E-state index contributed by atoms with van der Waals surface area (Å²) in [6, 6.07) is 0. The van der Waals surface area contributed by atoms with Crippen LogP contribution < -0.4 is 0 Å². The van der Waals surface area contributed by atoms with Crippen LogP contribution in [0.1, 0.15) is 226 Å². The predicted molar refractivity (Wildman–Crippen MR) is 242 cm³/mol. The normalized spacial score (nSPS) is 12.5. The summed E-state index contributed by atoms with van der Waals surface area (Å²) in [6.07, 6.45) is 55.0. The molecular formula is C51H88O6. The standard InChI is InChI=1S/C51H88O6/c1-4-7-10-13-16-19-22-24-25-26-27-30-32-35-38-41-44-50(53)56-47-48(46-55-49(52)43-40-37-34-31-28-21-18-15-12-9-6-3)57-51(54)45-42-39-36-33-29-23-20-17-14-11-8-5-2/h9,12,18,21,25-27,30-31,34,48H,4-8,10-11,13-17,19-20,22-24,28-29,32-33,35-47H2,1-3H3/b12-9-,21-18-,26-25-,30-27-,34-31-. The van der Waals surface area contributed by atoms with Crippen LogP contribution in [0.25, 0.3) is 0 Å². The molecule has 0 aromatic rings. The Bertz CT molecular complexity index is 1050. The second-order valence-electron chi connectivity index (χ2n) is 15.7. The Hall–Kier alpha value is -2.89. The van der Waals surface area contributed by atoms with Gasteiger partial charge in [-0.1, -0.05) is 197 Å². The molecule has 0 heterocycles. The summed E-state index contributed by atoms with van der Waals surface area (Å²) >= 11 is 0. The molecule has 0 aromatic heterocycles. The average molecular weight is 797 g/mol. The first kappa shape index (κ1) is 54.1. The van der Waals surface area contributed by atoms with Crippen LogP contribution in [0.15, 0.2) is 60.8 Å². The Morgan fingerprint density at radius 1 is 0.386 bits per heavy atom. The number of hydrogen-bond donors (Lipinski definition) is 0. The third-order valence-electron chi connectivity index (χ3n) is 10.0. The van der Waals surface area contributed by atoms with Crippen molar-refractivity contribution in [2.75, 3.05) is 13.2 Å². The van der Waals surface area contributed by atoms with Gasteiger partial charge in [0.15, 0.2) is 6.10 Å². The molecule has 0 aliphatic carbocycles. The molecule has 0 saturated carbocycles. The Morgan fingerprint density at radius 3 is 1.25 bits per heavy atom. The molecule has 0 amide bonds. The number of allylic oxidation sites excluding steroid dienone is 10. The molecule has 0 aliphatic heterocycles. The van der Waals surface area contributed by atoms with E-state index < -0.39 is 6.10 Å². The first-order chi connectivity index (χ1) is 28.0. The molecule has 0 spiro atoms. The Balaban J connectivity index is 4.45. The fraction of sp³-hybridized carbons (Fsp3) is 0.745. The molecule has 0 fully saturated rings. The van der Waals surface area contributed by atoms with Gasteiger partial charge in [0, 0.05) is 19.3 Å². The molecule has 0 bridgehead atoms. The summed E-state index contributed by atoms with van der Waals surface area (Å²) in [5, 5.41) is 0. The minimum atomic E-state index is -0.800. The minimum Gasteiger partial charge on any atom is -0.462 e. The van der Waals surface area contributed by atoms with Crippen molar-refractivity contribution in [2.45, 2.75) is 232 Å². The number of hydrogen-bond acceptors (Lipinski definition) is 6. The lowest BCUT2D eigenvalue weighted by Crippen LogP contribution is -2.30. The van der Waals surface area contributed by atoms with Crippen molar-refractivity contribution in [1.82, 2.24) is 0 Å². The van der Waals surface area contributed by atoms with E-state index in [4.69, 9.17) is 14.2 Å². The molecule has 0 aromatic carbocycles. The zero-order chi connectivity index (χ0) is 41.5. The smallest absolute Gasteiger partial charge is 0.306 e. The zero-order valence-corrected chi connectivity index (χ0v) is 37.3. The van der Waals surface area contributed by atoms with E-state index in [1.807, 2.05) is 0 Å². The highest BCUT2D eigenvalue weighted by atomic mass is 16.6. The second kappa shape index (κ2) is 45.8. The number of rotatable bonds is 42. The van der Waals surface area contributed by atoms with Crippen LogP contribution in [0.5, 0.6) is 0 Å². The van der Waals surface area contributed by atoms with Crippen LogP contribution in [0.4, 0.5) is 0 Å². The van der Waals surface area contributed by atoms with E-state index in [2.05, 4.69) is 81.5 Å². The van der Waals surface area contributed by atoms with Crippen molar-refractivity contribution in [2.24, 2.45) is 0 Å². The summed E-state index contributed by atoms with van der Waals surface area (Å²) in [6.45, 7) is 6.43. The molecule has 1 unspecified atom stereocenters. The maximum Gasteiger partial charge on any atom is 0.306 e. The van der Waals surface area contributed by atoms with Gasteiger partial charge in [0.25, 0.3) is 0 Å². The van der Waals surface area contributed by atoms with Crippen molar-refractivity contribution in [3.8, 4) is 0 Å². The number of esters is 3. The van der Waals surface area contributed by atoms with Gasteiger partial charge < -0.3 is 14.2 Å². The van der Waals surface area contributed by atoms with Crippen LogP contribution >= 0.6 is 0 Å². The molecule has 57 heavy (non-hydrogen) atoms. The minimum absolute atomic E-state index is 0.102. The number of unbranched alkanes of at least 4 members (excludes halogenated alkanes) is 22. The van der Waals surface area contributed by atoms with E-state index in [1.165, 1.54) is 103 Å². The fourth-order valence-electron chi connectivity index (χ4n) is 6.46. The molecule has 0 rings (SSSR count). The van der Waals surface area contributed by atoms with E-state index in [0.717, 1.165) is 77.0 Å². The molecule has 6 nitrogen and oxygen atoms in total. The van der Waals surface area contributed by atoms with Crippen molar-refractivity contribution >= 4 is 17.9 Å². The van der Waals surface area contributed by atoms with E-state index in [-0.39, 0.29) is 37.5 Å². The van der Waals surface area contributed by atoms with Crippen molar-refractivity contribution in [1.29, 1.82) is 0 Å². The predicted octanol–water partition coefficient (Wildman–Crippen LogP) is 15.3. The van der Waals surface area contributed by atoms with Crippen molar-refractivity contribution in [3.63, 3.8) is 0 Å². The van der Waals surface area contributed by atoms with Gasteiger partial charge in [-0.05, 0) is 70.6 Å². The third kappa shape index (κ3) is 44.1. The highest BCUT2D eigenvalue weighted by Gasteiger charge is 2.19. The second-order valence-corrected chi connectivity index (χ2v) is 15.7. The Morgan fingerprint density at radius 2 is 0.754 bits per heavy atom. The molecule has 0 N–H and O–H groups in total. The summed E-state index contributed by atoms with van der Waals surface area (Å²) in [5.41, 5.74) is 0. The summed E-state index contributed by atoms with van der Waals surface area (Å²) in [4.78, 5) is 37.7. The average Bonchev–Trinajstić information content (AvgIpc) is 3.21. The lowest BCUT2D eigenvalue weighted by Gasteiger charge is -2.18. The monoisotopic (exact) mass is 797 g/mol. The van der Waals surface area contributed by atoms with E-state index in [9.17, 15) is 14.4 Å². The van der Waals surface area contributed by atoms with Gasteiger partial charge in [-0.2, -0.15) is 0 Å². The van der Waals surface area contributed by atoms with Crippen molar-refractivity contribution < 1.29 is 28.6 Å². The number of carbonyl (C=O) groups excluding carboxylic acids is 3. The van der Waals surface area contributed by atoms with Crippen LogP contribution in [-0.2, 0) is 28.6 Å². The maximum atomic E-state index is 12.7. The van der Waals surface area contributed by atoms with Gasteiger partial charge in [-0.3, -0.25) is 14.4 Å². The quantitative estimate of drug-likeness (QED) is 0.0201. The molecule has 1 atom stereocenters. The first-order valence-corrected chi connectivity index (χ1v) is 23.8. The topological polar surface area (TPSA) is 78.9 Å². The summed E-state index contributed by atoms with van der Waals surface area (Å²) in [5.74, 6) is -0.983. The van der Waals surface area contributed by atoms with Gasteiger partial charge in [0.1, 0.15) is 13.2 Å². The van der Waals surface area contributed by atoms with Gasteiger partial charge >= 0.3 is 17.9 Å². The maximum absolute atomic E-state index is 12.7. The summed E-state index contributed by atoms with van der Waals surface area (Å²) in [7, 11) is 0. The summed E-state index contributed by atoms with van der Waals surface area (Å²) < 4.78 is 16.7. The van der Waals surface area contributed by atoms with Gasteiger partial charge in [0.2, 0.25) is 0 Å². The Kier molecular flexibility index (Phi) is 43.5. The SMILES string of the molecule is CC/C=C\C/C=C\C/C=C\CCCC(=O)OCC(COC(=O)CCCCC/C=C\C=C/CCCCCCCCC)OC(=O)CCCCCCCCCCCCCC. The van der Waals surface area contributed by atoms with Crippen LogP contribution in [-0.4, -0.2) is 37.2 Å². The molecule has 0 radical (unpaired) electrons. The van der Waals surface area contributed by atoms with Gasteiger partial charge in [-0.15, -0.1) is 0 Å². The van der Waals surface area contributed by atoms with E-state index in [0.29, 0.717) is 19.3 Å². The molecular weight excluding hydrogens is 709 g/mol. The van der Waals surface area contributed by atoms with E-state index >= 15 is 0 Å².